The summed E-state index contributed by atoms with van der Waals surface area (Å²) in [5.74, 6) is -2.34. The maximum atomic E-state index is 12.1. The van der Waals surface area contributed by atoms with Gasteiger partial charge in [-0.1, -0.05) is 68.5 Å². The standard InChI is InChI=1S/C41H38N2O10S2/c1-40(2)32-22-30(54(48,49)50)18-20-34(32)42(24-26-10-14-28(15-11-26)38(44)45)36(40)8-6-5-7-9-37-41(3,4)33-23-31(55(51,52)53)19-21-35(33)43(37)25-27-12-16-29(17-13-27)39(46)47/h5-23H,24-25H2,1-4H3,(H3-,44,45,46,47,48,49,50,51,52,53). The summed E-state index contributed by atoms with van der Waals surface area (Å²) in [5.41, 5.74) is 4.73. The van der Waals surface area contributed by atoms with E-state index >= 15 is 0 Å². The monoisotopic (exact) mass is 782 g/mol. The van der Waals surface area contributed by atoms with Crippen molar-refractivity contribution in [2.75, 3.05) is 4.90 Å². The molecule has 14 heteroatoms. The highest BCUT2D eigenvalue weighted by Gasteiger charge is 2.45. The van der Waals surface area contributed by atoms with Crippen LogP contribution in [-0.2, 0) is 44.2 Å². The van der Waals surface area contributed by atoms with Crippen LogP contribution < -0.4 is 10.0 Å². The van der Waals surface area contributed by atoms with Crippen LogP contribution in [0.5, 0.6) is 0 Å². The Kier molecular flexibility index (Phi) is 10.1. The number of fused-ring (bicyclic) bond motifs is 2. The maximum absolute atomic E-state index is 12.1. The number of rotatable bonds is 11. The molecule has 4 aromatic rings. The molecule has 2 aliphatic heterocycles. The molecule has 0 bridgehead atoms. The smallest absolute Gasteiger partial charge is 0.335 e. The molecule has 0 radical (unpaired) electrons. The number of nitrogens with zero attached hydrogens (tertiary/aromatic N) is 2. The lowest BCUT2D eigenvalue weighted by molar-refractivity contribution is -0.455. The van der Waals surface area contributed by atoms with Gasteiger partial charge in [-0.2, -0.15) is 21.4 Å². The van der Waals surface area contributed by atoms with Crippen LogP contribution in [-0.4, -0.2) is 53.3 Å². The normalized spacial score (nSPS) is 17.0. The number of allylic oxidation sites excluding steroid dienone is 6. The van der Waals surface area contributed by atoms with Gasteiger partial charge in [0.2, 0.25) is 5.69 Å². The molecule has 0 aromatic heterocycles. The molecule has 2 aliphatic rings. The van der Waals surface area contributed by atoms with E-state index < -0.39 is 43.0 Å². The van der Waals surface area contributed by atoms with E-state index in [1.807, 2.05) is 67.6 Å². The Bertz CT molecular complexity index is 2580. The fourth-order valence-corrected chi connectivity index (χ4v) is 8.21. The average Bonchev–Trinajstić information content (AvgIpc) is 3.45. The number of carboxylic acids is 2. The number of aromatic carboxylic acids is 2. The van der Waals surface area contributed by atoms with Gasteiger partial charge in [0.15, 0.2) is 12.3 Å². The first-order chi connectivity index (χ1) is 25.7. The molecule has 0 saturated carbocycles. The molecule has 0 saturated heterocycles. The van der Waals surface area contributed by atoms with Gasteiger partial charge in [-0.15, -0.1) is 0 Å². The molecule has 3 N–H and O–H groups in total. The van der Waals surface area contributed by atoms with Crippen molar-refractivity contribution >= 4 is 49.3 Å². The van der Waals surface area contributed by atoms with Crippen molar-refractivity contribution in [3.8, 4) is 0 Å². The molecular formula is C41H38N2O10S2. The van der Waals surface area contributed by atoms with Gasteiger partial charge >= 0.3 is 5.97 Å². The van der Waals surface area contributed by atoms with E-state index in [9.17, 15) is 45.7 Å². The number of anilines is 1. The van der Waals surface area contributed by atoms with E-state index in [1.165, 1.54) is 48.5 Å². The topological polar surface area (TPSA) is 192 Å². The minimum Gasteiger partial charge on any atom is -0.545 e. The third-order valence-electron chi connectivity index (χ3n) is 10.1. The van der Waals surface area contributed by atoms with Crippen LogP contribution in [0.4, 0.5) is 11.4 Å². The van der Waals surface area contributed by atoms with Gasteiger partial charge in [0.25, 0.3) is 20.2 Å². The van der Waals surface area contributed by atoms with Crippen molar-refractivity contribution in [2.24, 2.45) is 0 Å². The van der Waals surface area contributed by atoms with E-state index in [0.29, 0.717) is 29.9 Å². The van der Waals surface area contributed by atoms with Gasteiger partial charge in [0.05, 0.1) is 26.7 Å². The van der Waals surface area contributed by atoms with E-state index in [2.05, 4.69) is 0 Å². The van der Waals surface area contributed by atoms with Crippen LogP contribution in [0.25, 0.3) is 0 Å². The number of carbonyl (C=O) groups excluding carboxylic acids is 1. The first kappa shape index (κ1) is 39.0. The first-order valence-corrected chi connectivity index (χ1v) is 19.9. The van der Waals surface area contributed by atoms with Gasteiger partial charge in [0.1, 0.15) is 0 Å². The molecule has 12 nitrogen and oxygen atoms in total. The summed E-state index contributed by atoms with van der Waals surface area (Å²) in [6.45, 7) is 8.41. The van der Waals surface area contributed by atoms with Crippen LogP contribution in [0.1, 0.15) is 70.7 Å². The Hall–Kier alpha value is -5.67. The fraction of sp³-hybridized carbons (Fsp3) is 0.195. The van der Waals surface area contributed by atoms with E-state index in [1.54, 1.807) is 36.4 Å². The van der Waals surface area contributed by atoms with Gasteiger partial charge in [-0.05, 0) is 79.1 Å². The van der Waals surface area contributed by atoms with Crippen LogP contribution >= 0.6 is 0 Å². The minimum absolute atomic E-state index is 0.0362. The van der Waals surface area contributed by atoms with Crippen molar-refractivity contribution < 1.29 is 50.3 Å². The van der Waals surface area contributed by atoms with E-state index in [-0.39, 0.29) is 20.9 Å². The predicted octanol–water partition coefficient (Wildman–Crippen LogP) is 5.81. The lowest BCUT2D eigenvalue weighted by Crippen LogP contribution is -2.27. The van der Waals surface area contributed by atoms with Gasteiger partial charge < -0.3 is 19.9 Å². The number of hydrogen-bond donors (Lipinski definition) is 3. The average molecular weight is 783 g/mol. The van der Waals surface area contributed by atoms with Gasteiger partial charge in [0, 0.05) is 46.6 Å². The van der Waals surface area contributed by atoms with Crippen molar-refractivity contribution in [2.45, 2.75) is 61.4 Å². The molecule has 284 valence electrons. The Labute approximate surface area is 319 Å². The molecule has 0 aliphatic carbocycles. The maximum Gasteiger partial charge on any atom is 0.335 e. The van der Waals surface area contributed by atoms with Crippen LogP contribution in [0, 0.1) is 0 Å². The molecule has 0 spiro atoms. The highest BCUT2D eigenvalue weighted by atomic mass is 32.2. The third kappa shape index (κ3) is 7.67. The summed E-state index contributed by atoms with van der Waals surface area (Å²) < 4.78 is 69.9. The number of carboxylic acid groups (broad SMARTS) is 2. The lowest BCUT2D eigenvalue weighted by Gasteiger charge is -2.27. The number of benzene rings is 4. The molecule has 4 aromatic carbocycles. The highest BCUT2D eigenvalue weighted by molar-refractivity contribution is 7.86. The van der Waals surface area contributed by atoms with Gasteiger partial charge in [-0.25, -0.2) is 4.79 Å². The summed E-state index contributed by atoms with van der Waals surface area (Å²) in [5, 5.41) is 20.7. The Morgan fingerprint density at radius 1 is 0.727 bits per heavy atom. The molecule has 6 rings (SSSR count). The second-order valence-electron chi connectivity index (χ2n) is 14.4. The SMILES string of the molecule is CC1(C)C(=CC=CC=CC2=[N+](Cc3ccc(C(=O)O)cc3)c3ccc(S(=O)(=O)O)cc3C2(C)C)N(Cc2ccc(C(=O)[O-])cc2)c2ccc(S(=O)(=O)O)cc21. The predicted molar refractivity (Wildman–Crippen MR) is 204 cm³/mol. The largest absolute Gasteiger partial charge is 0.545 e. The van der Waals surface area contributed by atoms with Crippen molar-refractivity contribution in [1.82, 2.24) is 0 Å². The van der Waals surface area contributed by atoms with Crippen LogP contribution in [0.3, 0.4) is 0 Å². The second kappa shape index (κ2) is 14.2. The summed E-state index contributed by atoms with van der Waals surface area (Å²) in [4.78, 5) is 24.3. The van der Waals surface area contributed by atoms with Crippen LogP contribution in [0.15, 0.2) is 131 Å². The molecule has 2 heterocycles. The summed E-state index contributed by atoms with van der Waals surface area (Å²) in [6.07, 6.45) is 9.27. The second-order valence-corrected chi connectivity index (χ2v) is 17.2. The van der Waals surface area contributed by atoms with E-state index in [0.717, 1.165) is 28.2 Å². The van der Waals surface area contributed by atoms with Crippen molar-refractivity contribution in [3.05, 3.63) is 154 Å². The first-order valence-electron chi connectivity index (χ1n) is 17.0. The van der Waals surface area contributed by atoms with Crippen LogP contribution in [0.2, 0.25) is 0 Å². The zero-order valence-corrected chi connectivity index (χ0v) is 31.9. The minimum atomic E-state index is -4.48. The summed E-state index contributed by atoms with van der Waals surface area (Å²) >= 11 is 0. The van der Waals surface area contributed by atoms with Gasteiger partial charge in [-0.3, -0.25) is 9.11 Å². The Balaban J connectivity index is 1.38. The molecule has 0 atom stereocenters. The van der Waals surface area contributed by atoms with Crippen molar-refractivity contribution in [1.29, 1.82) is 0 Å². The quantitative estimate of drug-likeness (QED) is 0.0945. The Morgan fingerprint density at radius 3 is 1.87 bits per heavy atom. The third-order valence-corrected chi connectivity index (χ3v) is 11.8. The molecule has 0 unspecified atom stereocenters. The zero-order valence-electron chi connectivity index (χ0n) is 30.3. The number of carbonyl (C=O) groups is 2. The van der Waals surface area contributed by atoms with E-state index in [4.69, 9.17) is 0 Å². The molecule has 0 fully saturated rings. The zero-order chi connectivity index (χ0) is 40.1. The summed E-state index contributed by atoms with van der Waals surface area (Å²) in [6, 6.07) is 21.6. The van der Waals surface area contributed by atoms with Crippen molar-refractivity contribution in [3.63, 3.8) is 0 Å². The molecule has 0 amide bonds. The molecule has 55 heavy (non-hydrogen) atoms. The lowest BCUT2D eigenvalue weighted by atomic mass is 9.81. The Morgan fingerprint density at radius 2 is 1.29 bits per heavy atom. The number of hydrogen-bond acceptors (Lipinski definition) is 8. The summed E-state index contributed by atoms with van der Waals surface area (Å²) in [7, 11) is -8.95. The fourth-order valence-electron chi connectivity index (χ4n) is 7.19. The molecular weight excluding hydrogens is 745 g/mol. The highest BCUT2D eigenvalue weighted by Crippen LogP contribution is 2.49.